The SMILES string of the molecule is COc1ccc(Br)c(NS(=O)(=O)c2cccc(O)c2)c1. The number of aromatic hydroxyl groups is 1. The third-order valence-electron chi connectivity index (χ3n) is 2.55. The number of rotatable bonds is 4. The number of phenols is 1. The standard InChI is InChI=1S/C13H12BrNO4S/c1-19-10-5-6-12(14)13(8-10)15-20(17,18)11-4-2-3-9(16)7-11/h2-8,15-16H,1H3. The number of benzene rings is 2. The second kappa shape index (κ2) is 5.72. The van der Waals surface area contributed by atoms with Gasteiger partial charge in [0.2, 0.25) is 0 Å². The Hall–Kier alpha value is -1.73. The minimum atomic E-state index is -3.78. The van der Waals surface area contributed by atoms with Crippen molar-refractivity contribution in [2.75, 3.05) is 11.8 Å². The maximum Gasteiger partial charge on any atom is 0.262 e. The summed E-state index contributed by atoms with van der Waals surface area (Å²) in [6, 6.07) is 10.4. The Bertz CT molecular complexity index is 731. The molecule has 2 rings (SSSR count). The van der Waals surface area contributed by atoms with Crippen LogP contribution < -0.4 is 9.46 Å². The van der Waals surface area contributed by atoms with Gasteiger partial charge in [-0.25, -0.2) is 8.42 Å². The monoisotopic (exact) mass is 357 g/mol. The van der Waals surface area contributed by atoms with Crippen LogP contribution in [0.2, 0.25) is 0 Å². The van der Waals surface area contributed by atoms with Gasteiger partial charge in [-0.3, -0.25) is 4.72 Å². The van der Waals surface area contributed by atoms with Crippen molar-refractivity contribution in [1.82, 2.24) is 0 Å². The van der Waals surface area contributed by atoms with Crippen molar-refractivity contribution < 1.29 is 18.3 Å². The number of sulfonamides is 1. The molecule has 0 fully saturated rings. The molecule has 0 aromatic heterocycles. The first-order valence-corrected chi connectivity index (χ1v) is 7.85. The molecule has 0 saturated heterocycles. The molecule has 7 heteroatoms. The van der Waals surface area contributed by atoms with Gasteiger partial charge >= 0.3 is 0 Å². The largest absolute Gasteiger partial charge is 0.508 e. The molecule has 0 unspecified atom stereocenters. The Balaban J connectivity index is 2.38. The molecule has 2 aromatic rings. The van der Waals surface area contributed by atoms with Gasteiger partial charge in [-0.1, -0.05) is 6.07 Å². The van der Waals surface area contributed by atoms with E-state index in [-0.39, 0.29) is 10.6 Å². The Morgan fingerprint density at radius 3 is 2.60 bits per heavy atom. The van der Waals surface area contributed by atoms with Crippen LogP contribution in [-0.4, -0.2) is 20.6 Å². The highest BCUT2D eigenvalue weighted by Gasteiger charge is 2.16. The van der Waals surface area contributed by atoms with E-state index in [0.29, 0.717) is 15.9 Å². The molecular weight excluding hydrogens is 346 g/mol. The lowest BCUT2D eigenvalue weighted by molar-refractivity contribution is 0.415. The lowest BCUT2D eigenvalue weighted by Gasteiger charge is -2.11. The first-order chi connectivity index (χ1) is 9.42. The van der Waals surface area contributed by atoms with Crippen molar-refractivity contribution in [3.63, 3.8) is 0 Å². The molecule has 106 valence electrons. The zero-order valence-electron chi connectivity index (χ0n) is 10.5. The molecule has 2 N–H and O–H groups in total. The molecule has 0 amide bonds. The van der Waals surface area contributed by atoms with E-state index in [1.165, 1.54) is 31.4 Å². The first kappa shape index (κ1) is 14.7. The van der Waals surface area contributed by atoms with Crippen molar-refractivity contribution in [3.8, 4) is 11.5 Å². The van der Waals surface area contributed by atoms with Crippen molar-refractivity contribution in [3.05, 3.63) is 46.9 Å². The second-order valence-electron chi connectivity index (χ2n) is 3.95. The summed E-state index contributed by atoms with van der Waals surface area (Å²) in [5, 5.41) is 9.36. The van der Waals surface area contributed by atoms with Crippen LogP contribution in [0.25, 0.3) is 0 Å². The number of halogens is 1. The minimum Gasteiger partial charge on any atom is -0.508 e. The van der Waals surface area contributed by atoms with E-state index in [0.717, 1.165) is 0 Å². The van der Waals surface area contributed by atoms with Crippen LogP contribution in [0.15, 0.2) is 51.8 Å². The summed E-state index contributed by atoms with van der Waals surface area (Å²) in [5.41, 5.74) is 0.354. The number of methoxy groups -OCH3 is 1. The molecule has 20 heavy (non-hydrogen) atoms. The summed E-state index contributed by atoms with van der Waals surface area (Å²) < 4.78 is 32.5. The molecule has 0 aliphatic carbocycles. The van der Waals surface area contributed by atoms with Gasteiger partial charge in [0.25, 0.3) is 10.0 Å². The maximum absolute atomic E-state index is 12.2. The van der Waals surface area contributed by atoms with Crippen LogP contribution >= 0.6 is 15.9 Å². The smallest absolute Gasteiger partial charge is 0.262 e. The Kier molecular flexibility index (Phi) is 4.20. The van der Waals surface area contributed by atoms with Crippen molar-refractivity contribution in [2.45, 2.75) is 4.90 Å². The van der Waals surface area contributed by atoms with Crippen LogP contribution in [0.5, 0.6) is 11.5 Å². The average Bonchev–Trinajstić information content (AvgIpc) is 2.41. The Morgan fingerprint density at radius 1 is 1.20 bits per heavy atom. The maximum atomic E-state index is 12.2. The van der Waals surface area contributed by atoms with E-state index in [1.54, 1.807) is 18.2 Å². The van der Waals surface area contributed by atoms with Crippen molar-refractivity contribution in [2.24, 2.45) is 0 Å². The second-order valence-corrected chi connectivity index (χ2v) is 6.49. The quantitative estimate of drug-likeness (QED) is 0.881. The highest BCUT2D eigenvalue weighted by atomic mass is 79.9. The fourth-order valence-corrected chi connectivity index (χ4v) is 3.15. The molecule has 2 aromatic carbocycles. The molecule has 0 aliphatic rings. The van der Waals surface area contributed by atoms with E-state index < -0.39 is 10.0 Å². The first-order valence-electron chi connectivity index (χ1n) is 5.58. The van der Waals surface area contributed by atoms with Gasteiger partial charge in [-0.15, -0.1) is 0 Å². The lowest BCUT2D eigenvalue weighted by Crippen LogP contribution is -2.13. The third kappa shape index (κ3) is 3.23. The predicted molar refractivity (Wildman–Crippen MR) is 79.6 cm³/mol. The normalized spacial score (nSPS) is 11.1. The minimum absolute atomic E-state index is 0.0211. The molecule has 0 atom stereocenters. The topological polar surface area (TPSA) is 75.6 Å². The molecule has 0 radical (unpaired) electrons. The van der Waals surface area contributed by atoms with Crippen LogP contribution in [0.4, 0.5) is 5.69 Å². The van der Waals surface area contributed by atoms with Gasteiger partial charge in [-0.2, -0.15) is 0 Å². The van der Waals surface area contributed by atoms with Gasteiger partial charge in [0, 0.05) is 16.6 Å². The van der Waals surface area contributed by atoms with Crippen LogP contribution in [0, 0.1) is 0 Å². The number of nitrogens with one attached hydrogen (secondary N) is 1. The third-order valence-corrected chi connectivity index (χ3v) is 4.60. The summed E-state index contributed by atoms with van der Waals surface area (Å²) in [7, 11) is -2.28. The highest BCUT2D eigenvalue weighted by molar-refractivity contribution is 9.10. The fraction of sp³-hybridized carbons (Fsp3) is 0.0769. The summed E-state index contributed by atoms with van der Waals surface area (Å²) >= 11 is 3.27. The van der Waals surface area contributed by atoms with Crippen LogP contribution in [0.3, 0.4) is 0 Å². The van der Waals surface area contributed by atoms with E-state index >= 15 is 0 Å². The number of hydrogen-bond acceptors (Lipinski definition) is 4. The highest BCUT2D eigenvalue weighted by Crippen LogP contribution is 2.29. The average molecular weight is 358 g/mol. The number of hydrogen-bond donors (Lipinski definition) is 2. The van der Waals surface area contributed by atoms with E-state index in [9.17, 15) is 13.5 Å². The van der Waals surface area contributed by atoms with E-state index in [1.807, 2.05) is 0 Å². The predicted octanol–water partition coefficient (Wildman–Crippen LogP) is 2.96. The zero-order valence-corrected chi connectivity index (χ0v) is 12.9. The number of phenolic OH excluding ortho intramolecular Hbond substituents is 1. The van der Waals surface area contributed by atoms with E-state index in [4.69, 9.17) is 4.74 Å². The fourth-order valence-electron chi connectivity index (χ4n) is 1.56. The van der Waals surface area contributed by atoms with Crippen LogP contribution in [0.1, 0.15) is 0 Å². The molecule has 0 heterocycles. The zero-order chi connectivity index (χ0) is 14.8. The Labute approximate surface area is 125 Å². The van der Waals surface area contributed by atoms with Gasteiger partial charge in [0.15, 0.2) is 0 Å². The summed E-state index contributed by atoms with van der Waals surface area (Å²) in [6.07, 6.45) is 0. The number of ether oxygens (including phenoxy) is 1. The Morgan fingerprint density at radius 2 is 1.95 bits per heavy atom. The van der Waals surface area contributed by atoms with Gasteiger partial charge in [-0.05, 0) is 40.2 Å². The molecule has 0 aliphatic heterocycles. The molecule has 0 bridgehead atoms. The summed E-state index contributed by atoms with van der Waals surface area (Å²) in [6.45, 7) is 0. The van der Waals surface area contributed by atoms with Gasteiger partial charge in [0.1, 0.15) is 11.5 Å². The summed E-state index contributed by atoms with van der Waals surface area (Å²) in [4.78, 5) is -0.0211. The van der Waals surface area contributed by atoms with E-state index in [2.05, 4.69) is 20.7 Å². The van der Waals surface area contributed by atoms with Gasteiger partial charge in [0.05, 0.1) is 17.7 Å². The molecule has 5 nitrogen and oxygen atoms in total. The van der Waals surface area contributed by atoms with Crippen molar-refractivity contribution in [1.29, 1.82) is 0 Å². The summed E-state index contributed by atoms with van der Waals surface area (Å²) in [5.74, 6) is 0.416. The molecule has 0 spiro atoms. The van der Waals surface area contributed by atoms with Gasteiger partial charge < -0.3 is 9.84 Å². The lowest BCUT2D eigenvalue weighted by atomic mass is 10.3. The molecular formula is C13H12BrNO4S. The van der Waals surface area contributed by atoms with Crippen molar-refractivity contribution >= 4 is 31.6 Å². The molecule has 0 saturated carbocycles. The van der Waals surface area contributed by atoms with Crippen LogP contribution in [-0.2, 0) is 10.0 Å². The number of anilines is 1.